The second-order valence-electron chi connectivity index (χ2n) is 5.83. The maximum atomic E-state index is 5.37. The first-order valence-corrected chi connectivity index (χ1v) is 7.84. The van der Waals surface area contributed by atoms with Crippen LogP contribution in [0.3, 0.4) is 0 Å². The van der Waals surface area contributed by atoms with E-state index in [1.165, 1.54) is 17.0 Å². The van der Waals surface area contributed by atoms with Crippen molar-refractivity contribution in [3.8, 4) is 0 Å². The highest BCUT2D eigenvalue weighted by molar-refractivity contribution is 5.26. The zero-order valence-electron chi connectivity index (χ0n) is 14.0. The van der Waals surface area contributed by atoms with Crippen molar-refractivity contribution in [2.75, 3.05) is 13.7 Å². The Hall–Kier alpha value is -0.870. The number of aryl methyl sites for hydroxylation is 1. The van der Waals surface area contributed by atoms with Crippen LogP contribution in [0.1, 0.15) is 51.6 Å². The zero-order valence-corrected chi connectivity index (χ0v) is 14.0. The zero-order chi connectivity index (χ0) is 15.1. The van der Waals surface area contributed by atoms with Crippen LogP contribution in [0.4, 0.5) is 0 Å². The molecule has 0 saturated heterocycles. The van der Waals surface area contributed by atoms with Gasteiger partial charge in [0.2, 0.25) is 0 Å². The molecule has 1 heterocycles. The summed E-state index contributed by atoms with van der Waals surface area (Å²) in [7, 11) is 1.76. The van der Waals surface area contributed by atoms with Crippen LogP contribution in [0.25, 0.3) is 0 Å². The van der Waals surface area contributed by atoms with E-state index in [1.807, 2.05) is 0 Å². The predicted octanol–water partition coefficient (Wildman–Crippen LogP) is 2.79. The Labute approximate surface area is 123 Å². The summed E-state index contributed by atoms with van der Waals surface area (Å²) in [5, 5.41) is 8.33. The quantitative estimate of drug-likeness (QED) is 0.756. The molecule has 0 radical (unpaired) electrons. The fourth-order valence-electron chi connectivity index (χ4n) is 2.43. The smallest absolute Gasteiger partial charge is 0.0739 e. The van der Waals surface area contributed by atoms with Gasteiger partial charge in [0.1, 0.15) is 0 Å². The molecule has 1 N–H and O–H groups in total. The van der Waals surface area contributed by atoms with Crippen LogP contribution >= 0.6 is 0 Å². The average Bonchev–Trinajstić information content (AvgIpc) is 2.75. The minimum absolute atomic E-state index is 0.196. The van der Waals surface area contributed by atoms with E-state index >= 15 is 0 Å². The molecule has 0 saturated carbocycles. The number of methoxy groups -OCH3 is 1. The van der Waals surface area contributed by atoms with Crippen molar-refractivity contribution in [3.63, 3.8) is 0 Å². The molecule has 4 heteroatoms. The topological polar surface area (TPSA) is 39.1 Å². The molecular formula is C16H31N3O. The Morgan fingerprint density at radius 3 is 2.40 bits per heavy atom. The van der Waals surface area contributed by atoms with Gasteiger partial charge in [0.25, 0.3) is 0 Å². The summed E-state index contributed by atoms with van der Waals surface area (Å²) in [6.07, 6.45) is 2.20. The molecule has 0 bridgehead atoms. The Bertz CT molecular complexity index is 399. The van der Waals surface area contributed by atoms with Gasteiger partial charge in [0, 0.05) is 24.9 Å². The van der Waals surface area contributed by atoms with Gasteiger partial charge in [-0.1, -0.05) is 27.7 Å². The first-order valence-electron chi connectivity index (χ1n) is 7.84. The van der Waals surface area contributed by atoms with E-state index in [-0.39, 0.29) is 6.10 Å². The third-order valence-electron chi connectivity index (χ3n) is 3.61. The molecule has 0 aliphatic heterocycles. The molecule has 1 atom stereocenters. The minimum Gasteiger partial charge on any atom is -0.380 e. The summed E-state index contributed by atoms with van der Waals surface area (Å²) in [5.74, 6) is 0.675. The van der Waals surface area contributed by atoms with E-state index < -0.39 is 0 Å². The van der Waals surface area contributed by atoms with Crippen LogP contribution in [0.5, 0.6) is 0 Å². The third kappa shape index (κ3) is 4.60. The normalized spacial score (nSPS) is 13.2. The lowest BCUT2D eigenvalue weighted by Crippen LogP contribution is -2.21. The SMILES string of the molecule is CCc1nn(CC(C)OC)c(CC)c1CNCC(C)C. The number of ether oxygens (including phenoxy) is 1. The molecule has 0 amide bonds. The molecule has 1 unspecified atom stereocenters. The standard InChI is InChI=1S/C16H31N3O/c1-7-15-14(10-17-9-12(3)4)16(8-2)19(18-15)11-13(5)20-6/h12-13,17H,7-11H2,1-6H3. The van der Waals surface area contributed by atoms with Gasteiger partial charge >= 0.3 is 0 Å². The van der Waals surface area contributed by atoms with Crippen LogP contribution < -0.4 is 5.32 Å². The summed E-state index contributed by atoms with van der Waals surface area (Å²) >= 11 is 0. The van der Waals surface area contributed by atoms with Crippen molar-refractivity contribution in [2.45, 2.75) is 66.7 Å². The van der Waals surface area contributed by atoms with Gasteiger partial charge in [0.15, 0.2) is 0 Å². The van der Waals surface area contributed by atoms with Crippen LogP contribution in [-0.2, 0) is 30.7 Å². The fourth-order valence-corrected chi connectivity index (χ4v) is 2.43. The summed E-state index contributed by atoms with van der Waals surface area (Å²) in [4.78, 5) is 0. The summed E-state index contributed by atoms with van der Waals surface area (Å²) in [6, 6.07) is 0. The molecule has 1 rings (SSSR count). The molecular weight excluding hydrogens is 250 g/mol. The van der Waals surface area contributed by atoms with Crippen molar-refractivity contribution in [1.82, 2.24) is 15.1 Å². The van der Waals surface area contributed by atoms with Crippen molar-refractivity contribution < 1.29 is 4.74 Å². The van der Waals surface area contributed by atoms with Crippen molar-refractivity contribution in [2.24, 2.45) is 5.92 Å². The Morgan fingerprint density at radius 2 is 1.90 bits per heavy atom. The maximum Gasteiger partial charge on any atom is 0.0739 e. The first kappa shape index (κ1) is 17.2. The van der Waals surface area contributed by atoms with Gasteiger partial charge in [-0.15, -0.1) is 0 Å². The van der Waals surface area contributed by atoms with E-state index in [9.17, 15) is 0 Å². The van der Waals surface area contributed by atoms with Gasteiger partial charge in [-0.3, -0.25) is 4.68 Å². The first-order chi connectivity index (χ1) is 9.53. The monoisotopic (exact) mass is 281 g/mol. The largest absolute Gasteiger partial charge is 0.380 e. The molecule has 20 heavy (non-hydrogen) atoms. The third-order valence-corrected chi connectivity index (χ3v) is 3.61. The van der Waals surface area contributed by atoms with Crippen molar-refractivity contribution >= 4 is 0 Å². The lowest BCUT2D eigenvalue weighted by Gasteiger charge is -2.13. The summed E-state index contributed by atoms with van der Waals surface area (Å²) in [6.45, 7) is 13.7. The lowest BCUT2D eigenvalue weighted by molar-refractivity contribution is 0.0989. The predicted molar refractivity (Wildman–Crippen MR) is 84.0 cm³/mol. The minimum atomic E-state index is 0.196. The van der Waals surface area contributed by atoms with E-state index in [0.29, 0.717) is 5.92 Å². The van der Waals surface area contributed by atoms with Crippen LogP contribution in [0.15, 0.2) is 0 Å². The van der Waals surface area contributed by atoms with Gasteiger partial charge in [-0.25, -0.2) is 0 Å². The van der Waals surface area contributed by atoms with Gasteiger partial charge in [-0.05, 0) is 32.2 Å². The van der Waals surface area contributed by atoms with Crippen LogP contribution in [0, 0.1) is 5.92 Å². The lowest BCUT2D eigenvalue weighted by atomic mass is 10.1. The highest BCUT2D eigenvalue weighted by Crippen LogP contribution is 2.17. The number of nitrogens with zero attached hydrogens (tertiary/aromatic N) is 2. The van der Waals surface area contributed by atoms with Crippen LogP contribution in [0.2, 0.25) is 0 Å². The van der Waals surface area contributed by atoms with E-state index in [4.69, 9.17) is 9.84 Å². The van der Waals surface area contributed by atoms with Gasteiger partial charge in [-0.2, -0.15) is 5.10 Å². The highest BCUT2D eigenvalue weighted by Gasteiger charge is 2.16. The number of rotatable bonds is 9. The molecule has 0 aromatic carbocycles. The highest BCUT2D eigenvalue weighted by atomic mass is 16.5. The summed E-state index contributed by atoms with van der Waals surface area (Å²) < 4.78 is 7.51. The number of hydrogen-bond donors (Lipinski definition) is 1. The second-order valence-corrected chi connectivity index (χ2v) is 5.83. The van der Waals surface area contributed by atoms with Crippen molar-refractivity contribution in [1.29, 1.82) is 0 Å². The molecule has 1 aromatic heterocycles. The second kappa shape index (κ2) is 8.42. The Morgan fingerprint density at radius 1 is 1.20 bits per heavy atom. The molecule has 1 aromatic rings. The summed E-state index contributed by atoms with van der Waals surface area (Å²) in [5.41, 5.74) is 3.96. The molecule has 4 nitrogen and oxygen atoms in total. The number of aromatic nitrogens is 2. The Kier molecular flexibility index (Phi) is 7.24. The Balaban J connectivity index is 2.89. The van der Waals surface area contributed by atoms with Crippen LogP contribution in [-0.4, -0.2) is 29.5 Å². The van der Waals surface area contributed by atoms with E-state index in [0.717, 1.165) is 32.5 Å². The van der Waals surface area contributed by atoms with E-state index in [2.05, 4.69) is 44.6 Å². The van der Waals surface area contributed by atoms with Gasteiger partial charge in [0.05, 0.1) is 18.3 Å². The molecule has 0 spiro atoms. The fraction of sp³-hybridized carbons (Fsp3) is 0.812. The number of nitrogens with one attached hydrogen (secondary N) is 1. The number of hydrogen-bond acceptors (Lipinski definition) is 3. The average molecular weight is 281 g/mol. The maximum absolute atomic E-state index is 5.37. The molecule has 0 aliphatic carbocycles. The molecule has 0 fully saturated rings. The molecule has 116 valence electrons. The molecule has 0 aliphatic rings. The van der Waals surface area contributed by atoms with Crippen molar-refractivity contribution in [3.05, 3.63) is 17.0 Å². The van der Waals surface area contributed by atoms with E-state index in [1.54, 1.807) is 7.11 Å². The van der Waals surface area contributed by atoms with Gasteiger partial charge < -0.3 is 10.1 Å².